The number of nitro benzene ring substituents is 1. The van der Waals surface area contributed by atoms with E-state index in [1.165, 1.54) is 18.2 Å². The summed E-state index contributed by atoms with van der Waals surface area (Å²) in [4.78, 5) is 24.3. The average Bonchev–Trinajstić information content (AvgIpc) is 2.96. The molecule has 1 aliphatic heterocycles. The maximum atomic E-state index is 12.5. The van der Waals surface area contributed by atoms with E-state index in [0.29, 0.717) is 13.1 Å². The fourth-order valence-corrected chi connectivity index (χ4v) is 2.61. The lowest BCUT2D eigenvalue weighted by molar-refractivity contribution is -0.384. The zero-order valence-corrected chi connectivity index (χ0v) is 12.5. The van der Waals surface area contributed by atoms with Crippen LogP contribution in [-0.2, 0) is 4.74 Å². The number of ether oxygens (including phenoxy) is 1. The Hall–Kier alpha value is -1.66. The van der Waals surface area contributed by atoms with Gasteiger partial charge in [-0.15, -0.1) is 0 Å². The molecule has 1 heterocycles. The van der Waals surface area contributed by atoms with E-state index in [1.807, 2.05) is 6.92 Å². The molecule has 1 unspecified atom stereocenters. The van der Waals surface area contributed by atoms with Crippen LogP contribution in [0.3, 0.4) is 0 Å². The highest BCUT2D eigenvalue weighted by Crippen LogP contribution is 2.24. The van der Waals surface area contributed by atoms with E-state index in [-0.39, 0.29) is 28.3 Å². The van der Waals surface area contributed by atoms with Crippen LogP contribution in [0.15, 0.2) is 18.2 Å². The first-order valence-electron chi connectivity index (χ1n) is 6.87. The number of nitro groups is 1. The van der Waals surface area contributed by atoms with Gasteiger partial charge in [-0.2, -0.15) is 0 Å². The maximum absolute atomic E-state index is 12.5. The van der Waals surface area contributed by atoms with Crippen LogP contribution in [0.1, 0.15) is 30.1 Å². The Labute approximate surface area is 127 Å². The molecule has 1 saturated heterocycles. The highest BCUT2D eigenvalue weighted by Gasteiger charge is 2.24. The highest BCUT2D eigenvalue weighted by atomic mass is 35.5. The minimum atomic E-state index is -0.538. The number of carbonyl (C=O) groups excluding carboxylic acids is 1. The van der Waals surface area contributed by atoms with Gasteiger partial charge in [-0.1, -0.05) is 11.6 Å². The van der Waals surface area contributed by atoms with E-state index in [0.717, 1.165) is 19.4 Å². The number of benzene rings is 1. The first-order valence-corrected chi connectivity index (χ1v) is 7.25. The van der Waals surface area contributed by atoms with Crippen molar-refractivity contribution < 1.29 is 14.5 Å². The van der Waals surface area contributed by atoms with E-state index < -0.39 is 4.92 Å². The van der Waals surface area contributed by atoms with Gasteiger partial charge in [0.15, 0.2) is 0 Å². The summed E-state index contributed by atoms with van der Waals surface area (Å²) in [6.07, 6.45) is 2.01. The molecule has 0 aliphatic carbocycles. The fourth-order valence-electron chi connectivity index (χ4n) is 2.35. The fraction of sp³-hybridized carbons (Fsp3) is 0.500. The lowest BCUT2D eigenvalue weighted by atomic mass is 10.1. The van der Waals surface area contributed by atoms with Crippen LogP contribution in [0.25, 0.3) is 0 Å². The molecule has 0 N–H and O–H groups in total. The van der Waals surface area contributed by atoms with Crippen molar-refractivity contribution in [3.05, 3.63) is 38.9 Å². The van der Waals surface area contributed by atoms with Crippen LogP contribution in [-0.4, -0.2) is 41.5 Å². The van der Waals surface area contributed by atoms with Gasteiger partial charge >= 0.3 is 0 Å². The third-order valence-electron chi connectivity index (χ3n) is 3.51. The van der Waals surface area contributed by atoms with Gasteiger partial charge in [0.1, 0.15) is 0 Å². The van der Waals surface area contributed by atoms with Gasteiger partial charge in [0.25, 0.3) is 11.6 Å². The third-order valence-corrected chi connectivity index (χ3v) is 3.82. The van der Waals surface area contributed by atoms with E-state index in [2.05, 4.69) is 0 Å². The third kappa shape index (κ3) is 3.71. The van der Waals surface area contributed by atoms with E-state index in [4.69, 9.17) is 16.3 Å². The number of amides is 1. The van der Waals surface area contributed by atoms with Crippen molar-refractivity contribution >= 4 is 23.2 Å². The number of likely N-dealkylation sites (N-methyl/N-ethyl adjacent to an activating group) is 1. The molecule has 0 saturated carbocycles. The topological polar surface area (TPSA) is 72.7 Å². The molecule has 2 rings (SSSR count). The summed E-state index contributed by atoms with van der Waals surface area (Å²) < 4.78 is 5.54. The Morgan fingerprint density at radius 2 is 2.33 bits per heavy atom. The standard InChI is InChI=1S/C14H17ClN2O4/c1-2-16(9-11-4-3-7-21-11)14(18)12-6-5-10(17(19)20)8-13(12)15/h5-6,8,11H,2-4,7,9H2,1H3. The van der Waals surface area contributed by atoms with Gasteiger partial charge in [0.05, 0.1) is 21.6 Å². The molecular formula is C14H17ClN2O4. The van der Waals surface area contributed by atoms with Crippen molar-refractivity contribution in [1.82, 2.24) is 4.90 Å². The molecule has 7 heteroatoms. The normalized spacial score (nSPS) is 17.7. The molecule has 1 aliphatic rings. The van der Waals surface area contributed by atoms with Gasteiger partial charge in [0, 0.05) is 31.8 Å². The number of hydrogen-bond donors (Lipinski definition) is 0. The van der Waals surface area contributed by atoms with Crippen molar-refractivity contribution in [3.8, 4) is 0 Å². The lowest BCUT2D eigenvalue weighted by Gasteiger charge is -2.24. The Morgan fingerprint density at radius 3 is 2.86 bits per heavy atom. The smallest absolute Gasteiger partial charge is 0.270 e. The molecule has 0 spiro atoms. The minimum absolute atomic E-state index is 0.0609. The van der Waals surface area contributed by atoms with Crippen molar-refractivity contribution in [3.63, 3.8) is 0 Å². The molecule has 0 aromatic heterocycles. The first kappa shape index (κ1) is 15.7. The maximum Gasteiger partial charge on any atom is 0.270 e. The molecule has 21 heavy (non-hydrogen) atoms. The second-order valence-electron chi connectivity index (χ2n) is 4.90. The lowest BCUT2D eigenvalue weighted by Crippen LogP contribution is -2.37. The Balaban J connectivity index is 2.14. The van der Waals surface area contributed by atoms with Crippen LogP contribution < -0.4 is 0 Å². The summed E-state index contributed by atoms with van der Waals surface area (Å²) in [5.74, 6) is -0.229. The Bertz CT molecular complexity index is 544. The molecule has 1 aromatic carbocycles. The van der Waals surface area contributed by atoms with Gasteiger partial charge in [-0.3, -0.25) is 14.9 Å². The van der Waals surface area contributed by atoms with Crippen LogP contribution in [0, 0.1) is 10.1 Å². The van der Waals surface area contributed by atoms with Crippen LogP contribution in [0.5, 0.6) is 0 Å². The summed E-state index contributed by atoms with van der Waals surface area (Å²) in [7, 11) is 0. The monoisotopic (exact) mass is 312 g/mol. The number of halogens is 1. The number of hydrogen-bond acceptors (Lipinski definition) is 4. The zero-order chi connectivity index (χ0) is 15.4. The second-order valence-corrected chi connectivity index (χ2v) is 5.31. The molecule has 0 radical (unpaired) electrons. The molecule has 114 valence electrons. The summed E-state index contributed by atoms with van der Waals surface area (Å²) in [6, 6.07) is 3.90. The molecule has 1 aromatic rings. The highest BCUT2D eigenvalue weighted by molar-refractivity contribution is 6.34. The van der Waals surface area contributed by atoms with E-state index in [1.54, 1.807) is 4.90 Å². The molecule has 1 fully saturated rings. The summed E-state index contributed by atoms with van der Waals surface area (Å²) >= 11 is 6.00. The zero-order valence-electron chi connectivity index (χ0n) is 11.8. The quantitative estimate of drug-likeness (QED) is 0.619. The van der Waals surface area contributed by atoms with Crippen molar-refractivity contribution in [2.24, 2.45) is 0 Å². The van der Waals surface area contributed by atoms with Crippen molar-refractivity contribution in [2.75, 3.05) is 19.7 Å². The van der Waals surface area contributed by atoms with E-state index >= 15 is 0 Å². The van der Waals surface area contributed by atoms with Gasteiger partial charge in [-0.25, -0.2) is 0 Å². The average molecular weight is 313 g/mol. The number of nitrogens with zero attached hydrogens (tertiary/aromatic N) is 2. The molecular weight excluding hydrogens is 296 g/mol. The van der Waals surface area contributed by atoms with Gasteiger partial charge in [0.2, 0.25) is 0 Å². The Kier molecular flexibility index (Phi) is 5.14. The predicted octanol–water partition coefficient (Wildman–Crippen LogP) is 2.89. The SMILES string of the molecule is CCN(CC1CCCO1)C(=O)c1ccc([N+](=O)[O-])cc1Cl. The Morgan fingerprint density at radius 1 is 1.57 bits per heavy atom. The summed E-state index contributed by atoms with van der Waals surface area (Å²) in [5, 5.41) is 10.8. The number of carbonyl (C=O) groups is 1. The van der Waals surface area contributed by atoms with Gasteiger partial charge in [-0.05, 0) is 25.8 Å². The molecule has 1 amide bonds. The first-order chi connectivity index (χ1) is 10.0. The van der Waals surface area contributed by atoms with E-state index in [9.17, 15) is 14.9 Å². The van der Waals surface area contributed by atoms with Crippen LogP contribution in [0.4, 0.5) is 5.69 Å². The largest absolute Gasteiger partial charge is 0.376 e. The second kappa shape index (κ2) is 6.87. The molecule has 1 atom stereocenters. The summed E-state index contributed by atoms with van der Waals surface area (Å²) in [6.45, 7) is 3.66. The molecule has 6 nitrogen and oxygen atoms in total. The van der Waals surface area contributed by atoms with Crippen LogP contribution in [0.2, 0.25) is 5.02 Å². The minimum Gasteiger partial charge on any atom is -0.376 e. The van der Waals surface area contributed by atoms with Gasteiger partial charge < -0.3 is 9.64 Å². The number of non-ortho nitro benzene ring substituents is 1. The van der Waals surface area contributed by atoms with Crippen molar-refractivity contribution in [2.45, 2.75) is 25.9 Å². The van der Waals surface area contributed by atoms with Crippen LogP contribution >= 0.6 is 11.6 Å². The summed E-state index contributed by atoms with van der Waals surface area (Å²) in [5.41, 5.74) is 0.154. The van der Waals surface area contributed by atoms with Crippen molar-refractivity contribution in [1.29, 1.82) is 0 Å². The predicted molar refractivity (Wildman–Crippen MR) is 78.7 cm³/mol. The number of rotatable bonds is 5. The molecule has 0 bridgehead atoms.